The monoisotopic (exact) mass is 335 g/mol. The van der Waals surface area contributed by atoms with Crippen molar-refractivity contribution in [2.24, 2.45) is 0 Å². The van der Waals surface area contributed by atoms with Crippen molar-refractivity contribution in [3.8, 4) is 0 Å². The van der Waals surface area contributed by atoms with Crippen LogP contribution in [0, 0.1) is 6.92 Å². The maximum atomic E-state index is 13.3. The van der Waals surface area contributed by atoms with E-state index in [9.17, 15) is 4.79 Å². The Bertz CT molecular complexity index is 610. The lowest BCUT2D eigenvalue weighted by atomic mass is 9.91. The zero-order chi connectivity index (χ0) is 16.0. The average molecular weight is 335 g/mol. The molecule has 23 heavy (non-hydrogen) atoms. The summed E-state index contributed by atoms with van der Waals surface area (Å²) < 4.78 is 2.11. The van der Waals surface area contributed by atoms with Crippen molar-refractivity contribution >= 4 is 17.7 Å². The standard InChI is InChI=1S/C16H25N5OS/c1-12-17-18-14-10-19(2)13(9-20(12)14)15(22)21-7-3-5-16(21)6-4-8-23-11-16/h13H,3-11H2,1-2H3. The van der Waals surface area contributed by atoms with Crippen LogP contribution in [0.4, 0.5) is 0 Å². The fourth-order valence-corrected chi connectivity index (χ4v) is 5.72. The van der Waals surface area contributed by atoms with Gasteiger partial charge in [0, 0.05) is 12.3 Å². The summed E-state index contributed by atoms with van der Waals surface area (Å²) in [5, 5.41) is 8.39. The number of rotatable bonds is 1. The number of hydrogen-bond acceptors (Lipinski definition) is 5. The van der Waals surface area contributed by atoms with Crippen molar-refractivity contribution in [3.63, 3.8) is 0 Å². The third-order valence-corrected chi connectivity index (χ3v) is 7.06. The van der Waals surface area contributed by atoms with Crippen molar-refractivity contribution in [1.82, 2.24) is 24.6 Å². The molecule has 0 aliphatic carbocycles. The number of fused-ring (bicyclic) bond motifs is 1. The molecule has 1 spiro atoms. The highest BCUT2D eigenvalue weighted by molar-refractivity contribution is 7.99. The van der Waals surface area contributed by atoms with E-state index in [1.165, 1.54) is 25.0 Å². The molecule has 0 radical (unpaired) electrons. The second-order valence-electron chi connectivity index (χ2n) is 7.18. The Morgan fingerprint density at radius 2 is 2.13 bits per heavy atom. The van der Waals surface area contributed by atoms with Crippen LogP contribution in [0.1, 0.15) is 37.3 Å². The smallest absolute Gasteiger partial charge is 0.242 e. The van der Waals surface area contributed by atoms with Crippen LogP contribution in [0.25, 0.3) is 0 Å². The Kier molecular flexibility index (Phi) is 3.88. The number of aryl methyl sites for hydroxylation is 1. The van der Waals surface area contributed by atoms with Crippen LogP contribution < -0.4 is 0 Å². The van der Waals surface area contributed by atoms with E-state index in [4.69, 9.17) is 0 Å². The molecule has 0 aromatic carbocycles. The predicted octanol–water partition coefficient (Wildman–Crippen LogP) is 1.29. The van der Waals surface area contributed by atoms with Gasteiger partial charge in [0.15, 0.2) is 0 Å². The van der Waals surface area contributed by atoms with E-state index < -0.39 is 0 Å². The zero-order valence-electron chi connectivity index (χ0n) is 14.0. The molecule has 6 nitrogen and oxygen atoms in total. The normalized spacial score (nSPS) is 31.6. The van der Waals surface area contributed by atoms with E-state index in [1.807, 2.05) is 25.7 Å². The van der Waals surface area contributed by atoms with Crippen LogP contribution in [0.2, 0.25) is 0 Å². The fourth-order valence-electron chi connectivity index (χ4n) is 4.40. The third kappa shape index (κ3) is 2.48. The van der Waals surface area contributed by atoms with Gasteiger partial charge in [0.25, 0.3) is 0 Å². The van der Waals surface area contributed by atoms with E-state index in [-0.39, 0.29) is 11.6 Å². The van der Waals surface area contributed by atoms with Gasteiger partial charge < -0.3 is 9.47 Å². The predicted molar refractivity (Wildman–Crippen MR) is 90.3 cm³/mol. The van der Waals surface area contributed by atoms with Gasteiger partial charge in [-0.1, -0.05) is 0 Å². The third-order valence-electron chi connectivity index (χ3n) is 5.74. The van der Waals surface area contributed by atoms with E-state index in [1.54, 1.807) is 0 Å². The number of hydrogen-bond donors (Lipinski definition) is 0. The van der Waals surface area contributed by atoms with E-state index in [0.717, 1.165) is 30.4 Å². The lowest BCUT2D eigenvalue weighted by Crippen LogP contribution is -2.58. The molecule has 0 saturated carbocycles. The molecule has 2 atom stereocenters. The maximum absolute atomic E-state index is 13.3. The molecule has 2 saturated heterocycles. The molecule has 126 valence electrons. The number of carbonyl (C=O) groups excluding carboxylic acids is 1. The summed E-state index contributed by atoms with van der Waals surface area (Å²) in [5.74, 6) is 4.56. The molecule has 7 heteroatoms. The molecule has 3 aliphatic rings. The Balaban J connectivity index is 1.58. The minimum Gasteiger partial charge on any atom is -0.335 e. The highest BCUT2D eigenvalue weighted by Crippen LogP contribution is 2.41. The van der Waals surface area contributed by atoms with Gasteiger partial charge in [-0.15, -0.1) is 10.2 Å². The zero-order valence-corrected chi connectivity index (χ0v) is 14.8. The first kappa shape index (κ1) is 15.4. The van der Waals surface area contributed by atoms with Crippen LogP contribution >= 0.6 is 11.8 Å². The number of thioether (sulfide) groups is 1. The van der Waals surface area contributed by atoms with E-state index in [0.29, 0.717) is 19.0 Å². The number of nitrogens with zero attached hydrogens (tertiary/aromatic N) is 5. The second kappa shape index (κ2) is 5.77. The van der Waals surface area contributed by atoms with Crippen molar-refractivity contribution in [2.75, 3.05) is 25.1 Å². The number of carbonyl (C=O) groups is 1. The highest BCUT2D eigenvalue weighted by Gasteiger charge is 2.47. The molecule has 4 heterocycles. The fraction of sp³-hybridized carbons (Fsp3) is 0.812. The maximum Gasteiger partial charge on any atom is 0.242 e. The van der Waals surface area contributed by atoms with Crippen molar-refractivity contribution < 1.29 is 4.79 Å². The minimum absolute atomic E-state index is 0.0842. The molecule has 1 aromatic rings. The number of amides is 1. The first-order valence-electron chi connectivity index (χ1n) is 8.59. The van der Waals surface area contributed by atoms with E-state index in [2.05, 4.69) is 24.6 Å². The summed E-state index contributed by atoms with van der Waals surface area (Å²) in [6.07, 6.45) is 4.75. The van der Waals surface area contributed by atoms with Crippen LogP contribution in [-0.2, 0) is 17.9 Å². The molecule has 0 bridgehead atoms. The molecule has 1 aromatic heterocycles. The van der Waals surface area contributed by atoms with Crippen molar-refractivity contribution in [3.05, 3.63) is 11.6 Å². The van der Waals surface area contributed by atoms with Crippen LogP contribution in [-0.4, -0.2) is 67.2 Å². The Labute approximate surface area is 141 Å². The summed E-state index contributed by atoms with van der Waals surface area (Å²) in [4.78, 5) is 17.7. The van der Waals surface area contributed by atoms with Gasteiger partial charge in [-0.3, -0.25) is 9.69 Å². The lowest BCUT2D eigenvalue weighted by Gasteiger charge is -2.44. The Morgan fingerprint density at radius 3 is 2.91 bits per heavy atom. The molecular weight excluding hydrogens is 310 g/mol. The summed E-state index contributed by atoms with van der Waals surface area (Å²) >= 11 is 2.02. The van der Waals surface area contributed by atoms with Crippen LogP contribution in [0.5, 0.6) is 0 Å². The summed E-state index contributed by atoms with van der Waals surface area (Å²) in [7, 11) is 2.04. The molecule has 1 amide bonds. The van der Waals surface area contributed by atoms with Crippen LogP contribution in [0.15, 0.2) is 0 Å². The van der Waals surface area contributed by atoms with Gasteiger partial charge in [-0.05, 0) is 45.4 Å². The Morgan fingerprint density at radius 1 is 1.30 bits per heavy atom. The SMILES string of the molecule is Cc1nnc2n1CC(C(=O)N1CCCC13CCCSC3)N(C)C2. The van der Waals surface area contributed by atoms with Crippen molar-refractivity contribution in [2.45, 2.75) is 57.3 Å². The minimum atomic E-state index is -0.0842. The largest absolute Gasteiger partial charge is 0.335 e. The molecule has 2 fully saturated rings. The first-order chi connectivity index (χ1) is 11.1. The average Bonchev–Trinajstić information content (AvgIpc) is 3.11. The molecule has 4 rings (SSSR count). The van der Waals surface area contributed by atoms with Gasteiger partial charge >= 0.3 is 0 Å². The van der Waals surface area contributed by atoms with Crippen molar-refractivity contribution in [1.29, 1.82) is 0 Å². The van der Waals surface area contributed by atoms with Gasteiger partial charge in [0.1, 0.15) is 17.7 Å². The molecule has 3 aliphatic heterocycles. The van der Waals surface area contributed by atoms with Crippen LogP contribution in [0.3, 0.4) is 0 Å². The second-order valence-corrected chi connectivity index (χ2v) is 8.28. The topological polar surface area (TPSA) is 54.3 Å². The van der Waals surface area contributed by atoms with Gasteiger partial charge in [0.2, 0.25) is 5.91 Å². The van der Waals surface area contributed by atoms with Gasteiger partial charge in [-0.2, -0.15) is 11.8 Å². The number of likely N-dealkylation sites (tertiary alicyclic amines) is 1. The number of likely N-dealkylation sites (N-methyl/N-ethyl adjacent to an activating group) is 1. The quantitative estimate of drug-likeness (QED) is 0.774. The molecular formula is C16H25N5OS. The lowest BCUT2D eigenvalue weighted by molar-refractivity contribution is -0.142. The van der Waals surface area contributed by atoms with E-state index >= 15 is 0 Å². The summed E-state index contributed by atoms with van der Waals surface area (Å²) in [5.41, 5.74) is 0.128. The Hall–Kier alpha value is -1.08. The van der Waals surface area contributed by atoms with Gasteiger partial charge in [0.05, 0.1) is 18.6 Å². The molecule has 2 unspecified atom stereocenters. The highest BCUT2D eigenvalue weighted by atomic mass is 32.2. The summed E-state index contributed by atoms with van der Waals surface area (Å²) in [6, 6.07) is -0.0842. The van der Waals surface area contributed by atoms with Gasteiger partial charge in [-0.25, -0.2) is 0 Å². The summed E-state index contributed by atoms with van der Waals surface area (Å²) in [6.45, 7) is 4.28. The first-order valence-corrected chi connectivity index (χ1v) is 9.74. The number of aromatic nitrogens is 3. The molecule has 0 N–H and O–H groups in total.